The van der Waals surface area contributed by atoms with E-state index in [1.807, 2.05) is 0 Å². The van der Waals surface area contributed by atoms with E-state index in [4.69, 9.17) is 0 Å². The van der Waals surface area contributed by atoms with Crippen molar-refractivity contribution in [2.75, 3.05) is 0 Å². The highest BCUT2D eigenvalue weighted by Crippen LogP contribution is 2.41. The predicted octanol–water partition coefficient (Wildman–Crippen LogP) is 11.2. The SMILES string of the molecule is c1ccc(-c2cccc(-n3c4ccccc4c4cc5c(cc43)c3ccc(-c4ccccc4)cc3n5-c3ccccc3)c2)cc1. The van der Waals surface area contributed by atoms with Gasteiger partial charge in [-0.3, -0.25) is 0 Å². The molecule has 0 N–H and O–H groups in total. The fourth-order valence-corrected chi connectivity index (χ4v) is 6.88. The van der Waals surface area contributed by atoms with Crippen LogP contribution < -0.4 is 0 Å². The van der Waals surface area contributed by atoms with Gasteiger partial charge in [0.25, 0.3) is 0 Å². The van der Waals surface area contributed by atoms with Crippen molar-refractivity contribution in [3.05, 3.63) is 170 Å². The minimum Gasteiger partial charge on any atom is -0.309 e. The van der Waals surface area contributed by atoms with Crippen molar-refractivity contribution in [1.82, 2.24) is 9.13 Å². The molecule has 206 valence electrons. The molecule has 7 aromatic carbocycles. The molecule has 0 aliphatic heterocycles. The van der Waals surface area contributed by atoms with Crippen LogP contribution in [0.4, 0.5) is 0 Å². The molecule has 0 aliphatic carbocycles. The number of nitrogens with zero attached hydrogens (tertiary/aromatic N) is 2. The first-order chi connectivity index (χ1) is 21.8. The van der Waals surface area contributed by atoms with Crippen molar-refractivity contribution in [3.63, 3.8) is 0 Å². The number of hydrogen-bond acceptors (Lipinski definition) is 0. The van der Waals surface area contributed by atoms with Gasteiger partial charge in [-0.2, -0.15) is 0 Å². The summed E-state index contributed by atoms with van der Waals surface area (Å²) in [6, 6.07) is 61.4. The molecule has 0 saturated heterocycles. The summed E-state index contributed by atoms with van der Waals surface area (Å²) in [4.78, 5) is 0. The molecule has 0 spiro atoms. The van der Waals surface area contributed by atoms with Crippen LogP contribution in [0.25, 0.3) is 77.2 Å². The normalized spacial score (nSPS) is 11.6. The first-order valence-corrected chi connectivity index (χ1v) is 15.1. The molecule has 0 radical (unpaired) electrons. The molecule has 0 unspecified atom stereocenters. The van der Waals surface area contributed by atoms with Crippen molar-refractivity contribution in [2.45, 2.75) is 0 Å². The Morgan fingerprint density at radius 1 is 0.250 bits per heavy atom. The Bertz CT molecular complexity index is 2470. The minimum absolute atomic E-state index is 1.16. The van der Waals surface area contributed by atoms with Gasteiger partial charge in [0.1, 0.15) is 0 Å². The predicted molar refractivity (Wildman–Crippen MR) is 186 cm³/mol. The van der Waals surface area contributed by atoms with Gasteiger partial charge < -0.3 is 9.13 Å². The molecule has 0 saturated carbocycles. The fraction of sp³-hybridized carbons (Fsp3) is 0. The molecule has 0 bridgehead atoms. The van der Waals surface area contributed by atoms with E-state index < -0.39 is 0 Å². The van der Waals surface area contributed by atoms with Crippen molar-refractivity contribution in [3.8, 4) is 33.6 Å². The van der Waals surface area contributed by atoms with Crippen molar-refractivity contribution >= 4 is 43.6 Å². The summed E-state index contributed by atoms with van der Waals surface area (Å²) >= 11 is 0. The monoisotopic (exact) mass is 560 g/mol. The Balaban J connectivity index is 1.37. The molecule has 0 atom stereocenters. The van der Waals surface area contributed by atoms with E-state index >= 15 is 0 Å². The number of benzene rings is 7. The van der Waals surface area contributed by atoms with Crippen LogP contribution in [-0.2, 0) is 0 Å². The third-order valence-electron chi connectivity index (χ3n) is 8.89. The van der Waals surface area contributed by atoms with Gasteiger partial charge >= 0.3 is 0 Å². The van der Waals surface area contributed by atoms with E-state index in [-0.39, 0.29) is 0 Å². The third kappa shape index (κ3) is 3.82. The zero-order chi connectivity index (χ0) is 29.0. The Morgan fingerprint density at radius 2 is 0.727 bits per heavy atom. The summed E-state index contributed by atoms with van der Waals surface area (Å²) in [5.74, 6) is 0. The van der Waals surface area contributed by atoms with Crippen LogP contribution >= 0.6 is 0 Å². The Labute approximate surface area is 255 Å². The van der Waals surface area contributed by atoms with Crippen molar-refractivity contribution in [2.24, 2.45) is 0 Å². The summed E-state index contributed by atoms with van der Waals surface area (Å²) in [7, 11) is 0. The maximum atomic E-state index is 2.43. The highest BCUT2D eigenvalue weighted by atomic mass is 15.0. The molecular formula is C42H28N2. The number of rotatable bonds is 4. The lowest BCUT2D eigenvalue weighted by molar-refractivity contribution is 1.17. The van der Waals surface area contributed by atoms with E-state index in [1.54, 1.807) is 0 Å². The summed E-state index contributed by atoms with van der Waals surface area (Å²) in [6.07, 6.45) is 0. The van der Waals surface area contributed by atoms with Crippen LogP contribution in [0.2, 0.25) is 0 Å². The standard InChI is InChI=1S/C42H28N2/c1-4-13-29(14-5-1)31-17-12-20-34(25-31)44-39-22-11-10-21-35(39)37-27-41-38(28-42(37)44)36-24-23-32(30-15-6-2-7-16-30)26-40(36)43(41)33-18-8-3-9-19-33/h1-28H. The third-order valence-corrected chi connectivity index (χ3v) is 8.89. The van der Waals surface area contributed by atoms with E-state index in [0.29, 0.717) is 0 Å². The molecule has 9 rings (SSSR count). The maximum absolute atomic E-state index is 2.43. The van der Waals surface area contributed by atoms with E-state index in [0.717, 1.165) is 11.4 Å². The minimum atomic E-state index is 1.16. The van der Waals surface area contributed by atoms with Crippen LogP contribution in [0.3, 0.4) is 0 Å². The lowest BCUT2D eigenvalue weighted by Gasteiger charge is -2.11. The molecule has 2 aromatic heterocycles. The van der Waals surface area contributed by atoms with Gasteiger partial charge in [0, 0.05) is 32.9 Å². The summed E-state index contributed by atoms with van der Waals surface area (Å²) < 4.78 is 4.86. The van der Waals surface area contributed by atoms with E-state index in [9.17, 15) is 0 Å². The van der Waals surface area contributed by atoms with Gasteiger partial charge in [-0.15, -0.1) is 0 Å². The smallest absolute Gasteiger partial charge is 0.0548 e. The largest absolute Gasteiger partial charge is 0.309 e. The number of hydrogen-bond donors (Lipinski definition) is 0. The van der Waals surface area contributed by atoms with E-state index in [1.165, 1.54) is 65.9 Å². The van der Waals surface area contributed by atoms with Gasteiger partial charge in [-0.25, -0.2) is 0 Å². The number of para-hydroxylation sites is 2. The highest BCUT2D eigenvalue weighted by molar-refractivity contribution is 6.19. The Kier molecular flexibility index (Phi) is 5.54. The van der Waals surface area contributed by atoms with Crippen LogP contribution in [0, 0.1) is 0 Å². The average Bonchev–Trinajstić information content (AvgIpc) is 3.60. The second kappa shape index (κ2) is 9.86. The molecule has 0 amide bonds. The van der Waals surface area contributed by atoms with Crippen LogP contribution in [0.1, 0.15) is 0 Å². The summed E-state index contributed by atoms with van der Waals surface area (Å²) in [6.45, 7) is 0. The maximum Gasteiger partial charge on any atom is 0.0548 e. The molecule has 0 fully saturated rings. The number of aromatic nitrogens is 2. The van der Waals surface area contributed by atoms with Crippen molar-refractivity contribution in [1.29, 1.82) is 0 Å². The summed E-state index contributed by atoms with van der Waals surface area (Å²) in [5, 5.41) is 5.00. The Hall–Kier alpha value is -5.86. The summed E-state index contributed by atoms with van der Waals surface area (Å²) in [5.41, 5.74) is 12.0. The first-order valence-electron chi connectivity index (χ1n) is 15.1. The average molecular weight is 561 g/mol. The second-order valence-electron chi connectivity index (χ2n) is 11.4. The molecule has 2 nitrogen and oxygen atoms in total. The topological polar surface area (TPSA) is 9.86 Å². The van der Waals surface area contributed by atoms with Crippen molar-refractivity contribution < 1.29 is 0 Å². The lowest BCUT2D eigenvalue weighted by Crippen LogP contribution is -1.95. The fourth-order valence-electron chi connectivity index (χ4n) is 6.88. The van der Waals surface area contributed by atoms with Gasteiger partial charge in [-0.05, 0) is 70.8 Å². The number of fused-ring (bicyclic) bond motifs is 6. The zero-order valence-corrected chi connectivity index (χ0v) is 24.1. The zero-order valence-electron chi connectivity index (χ0n) is 24.1. The second-order valence-corrected chi connectivity index (χ2v) is 11.4. The molecule has 2 heteroatoms. The van der Waals surface area contributed by atoms with Crippen LogP contribution in [-0.4, -0.2) is 9.13 Å². The molecule has 44 heavy (non-hydrogen) atoms. The molecule has 0 aliphatic rings. The quantitative estimate of drug-likeness (QED) is 0.203. The van der Waals surface area contributed by atoms with Crippen LogP contribution in [0.15, 0.2) is 170 Å². The Morgan fingerprint density at radius 3 is 1.41 bits per heavy atom. The molecule has 2 heterocycles. The van der Waals surface area contributed by atoms with E-state index in [2.05, 4.69) is 179 Å². The highest BCUT2D eigenvalue weighted by Gasteiger charge is 2.19. The lowest BCUT2D eigenvalue weighted by atomic mass is 10.0. The molecule has 9 aromatic rings. The van der Waals surface area contributed by atoms with Crippen LogP contribution in [0.5, 0.6) is 0 Å². The van der Waals surface area contributed by atoms with Gasteiger partial charge in [0.2, 0.25) is 0 Å². The van der Waals surface area contributed by atoms with Gasteiger partial charge in [0.05, 0.1) is 22.1 Å². The first kappa shape index (κ1) is 24.7. The van der Waals surface area contributed by atoms with Gasteiger partial charge in [0.15, 0.2) is 0 Å². The molecular weight excluding hydrogens is 532 g/mol. The van der Waals surface area contributed by atoms with Gasteiger partial charge in [-0.1, -0.05) is 121 Å².